The summed E-state index contributed by atoms with van der Waals surface area (Å²) < 4.78 is 5.63. The molecule has 0 spiro atoms. The number of amides is 2. The van der Waals surface area contributed by atoms with Crippen molar-refractivity contribution in [1.29, 1.82) is 0 Å². The lowest BCUT2D eigenvalue weighted by Gasteiger charge is -2.35. The Bertz CT molecular complexity index is 1440. The van der Waals surface area contributed by atoms with Crippen molar-refractivity contribution in [2.75, 3.05) is 19.6 Å². The maximum atomic E-state index is 13.6. The van der Waals surface area contributed by atoms with Gasteiger partial charge in [0.15, 0.2) is 0 Å². The van der Waals surface area contributed by atoms with Crippen molar-refractivity contribution < 1.29 is 14.1 Å². The van der Waals surface area contributed by atoms with Crippen LogP contribution in [0.5, 0.6) is 0 Å². The molecule has 1 saturated heterocycles. The number of hydrogen-bond donors (Lipinski definition) is 0. The fourth-order valence-corrected chi connectivity index (χ4v) is 5.15. The largest absolute Gasteiger partial charge is 0.337 e. The average molecular weight is 531 g/mol. The molecular formula is C30H31ClN4O3. The summed E-state index contributed by atoms with van der Waals surface area (Å²) in [4.78, 5) is 35.3. The minimum atomic E-state index is -0.319. The number of benzene rings is 3. The van der Waals surface area contributed by atoms with E-state index in [1.165, 1.54) is 0 Å². The van der Waals surface area contributed by atoms with Gasteiger partial charge in [-0.3, -0.25) is 9.59 Å². The van der Waals surface area contributed by atoms with Crippen LogP contribution in [0.3, 0.4) is 0 Å². The van der Waals surface area contributed by atoms with Crippen LogP contribution in [0.25, 0.3) is 22.2 Å². The van der Waals surface area contributed by atoms with Gasteiger partial charge in [-0.15, -0.1) is 0 Å². The predicted octanol–water partition coefficient (Wildman–Crippen LogP) is 6.54. The van der Waals surface area contributed by atoms with Crippen LogP contribution in [-0.4, -0.2) is 51.4 Å². The standard InChI is InChI=1S/C30H31ClN4O3/c1-2-3-16-34(30(37)24-15-14-21-9-4-5-10-22(21)18-24)20-27(36)35-17-7-6-13-26(35)29-32-28(33-38-29)23-11-8-12-25(31)19-23/h4-5,8-12,14-15,18-19,26H,2-3,6-7,13,16-17,20H2,1H3. The van der Waals surface area contributed by atoms with E-state index >= 15 is 0 Å². The molecule has 0 N–H and O–H groups in total. The van der Waals surface area contributed by atoms with Gasteiger partial charge < -0.3 is 14.3 Å². The van der Waals surface area contributed by atoms with E-state index < -0.39 is 0 Å². The molecule has 8 heteroatoms. The first-order chi connectivity index (χ1) is 18.5. The number of nitrogens with zero attached hydrogens (tertiary/aromatic N) is 4. The lowest BCUT2D eigenvalue weighted by molar-refractivity contribution is -0.136. The number of hydrogen-bond acceptors (Lipinski definition) is 5. The van der Waals surface area contributed by atoms with Crippen LogP contribution in [0.2, 0.25) is 5.02 Å². The van der Waals surface area contributed by atoms with Crippen LogP contribution in [0.1, 0.15) is 61.3 Å². The topological polar surface area (TPSA) is 79.5 Å². The summed E-state index contributed by atoms with van der Waals surface area (Å²) in [5.41, 5.74) is 1.35. The van der Waals surface area contributed by atoms with E-state index in [0.717, 1.165) is 48.4 Å². The van der Waals surface area contributed by atoms with Crippen molar-refractivity contribution in [2.45, 2.75) is 45.1 Å². The molecule has 1 aliphatic heterocycles. The van der Waals surface area contributed by atoms with Gasteiger partial charge in [-0.1, -0.05) is 72.6 Å². The monoisotopic (exact) mass is 530 g/mol. The zero-order valence-electron chi connectivity index (χ0n) is 21.5. The number of halogens is 1. The van der Waals surface area contributed by atoms with E-state index in [0.29, 0.717) is 35.4 Å². The number of likely N-dealkylation sites (tertiary alicyclic amines) is 1. The van der Waals surface area contributed by atoms with Gasteiger partial charge in [0.2, 0.25) is 17.6 Å². The zero-order chi connectivity index (χ0) is 26.5. The van der Waals surface area contributed by atoms with E-state index in [1.54, 1.807) is 21.9 Å². The third kappa shape index (κ3) is 5.73. The molecule has 1 unspecified atom stereocenters. The van der Waals surface area contributed by atoms with E-state index in [-0.39, 0.29) is 24.4 Å². The van der Waals surface area contributed by atoms with Crippen LogP contribution in [0.4, 0.5) is 0 Å². The Balaban J connectivity index is 1.35. The number of aromatic nitrogens is 2. The summed E-state index contributed by atoms with van der Waals surface area (Å²) in [6, 6.07) is 20.6. The Hall–Kier alpha value is -3.71. The first-order valence-electron chi connectivity index (χ1n) is 13.2. The first-order valence-corrected chi connectivity index (χ1v) is 13.6. The van der Waals surface area contributed by atoms with Crippen LogP contribution in [0.15, 0.2) is 71.3 Å². The van der Waals surface area contributed by atoms with Gasteiger partial charge in [0.25, 0.3) is 5.91 Å². The Morgan fingerprint density at radius 3 is 2.71 bits per heavy atom. The lowest BCUT2D eigenvalue weighted by atomic mass is 10.0. The average Bonchev–Trinajstić information content (AvgIpc) is 3.45. The predicted molar refractivity (Wildman–Crippen MR) is 148 cm³/mol. The number of piperidine rings is 1. The van der Waals surface area contributed by atoms with Gasteiger partial charge in [-0.05, 0) is 60.7 Å². The SMILES string of the molecule is CCCCN(CC(=O)N1CCCCC1c1nc(-c2cccc(Cl)c2)no1)C(=O)c1ccc2ccccc2c1. The van der Waals surface area contributed by atoms with Crippen LogP contribution >= 0.6 is 11.6 Å². The highest BCUT2D eigenvalue weighted by Crippen LogP contribution is 2.32. The fourth-order valence-electron chi connectivity index (χ4n) is 4.96. The summed E-state index contributed by atoms with van der Waals surface area (Å²) in [5.74, 6) is 0.611. The number of carbonyl (C=O) groups is 2. The molecule has 0 saturated carbocycles. The van der Waals surface area contributed by atoms with E-state index in [1.807, 2.05) is 54.6 Å². The van der Waals surface area contributed by atoms with Gasteiger partial charge in [0.05, 0.1) is 0 Å². The molecular weight excluding hydrogens is 500 g/mol. The highest BCUT2D eigenvalue weighted by atomic mass is 35.5. The number of rotatable bonds is 8. The zero-order valence-corrected chi connectivity index (χ0v) is 22.2. The number of carbonyl (C=O) groups excluding carboxylic acids is 2. The third-order valence-electron chi connectivity index (χ3n) is 7.02. The Labute approximate surface area is 227 Å². The molecule has 7 nitrogen and oxygen atoms in total. The van der Waals surface area contributed by atoms with E-state index in [4.69, 9.17) is 16.1 Å². The molecule has 196 valence electrons. The quantitative estimate of drug-likeness (QED) is 0.258. The molecule has 0 bridgehead atoms. The summed E-state index contributed by atoms with van der Waals surface area (Å²) in [6.45, 7) is 3.20. The van der Waals surface area contributed by atoms with Crippen molar-refractivity contribution in [3.8, 4) is 11.4 Å². The second-order valence-corrected chi connectivity index (χ2v) is 10.1. The molecule has 2 heterocycles. The van der Waals surface area contributed by atoms with Crippen LogP contribution in [0, 0.1) is 0 Å². The molecule has 1 aliphatic rings. The smallest absolute Gasteiger partial charge is 0.254 e. The highest BCUT2D eigenvalue weighted by Gasteiger charge is 2.33. The molecule has 1 aromatic heterocycles. The van der Waals surface area contributed by atoms with Crippen LogP contribution < -0.4 is 0 Å². The summed E-state index contributed by atoms with van der Waals surface area (Å²) in [5, 5.41) is 6.81. The van der Waals surface area contributed by atoms with Gasteiger partial charge in [-0.25, -0.2) is 0 Å². The molecule has 0 aliphatic carbocycles. The third-order valence-corrected chi connectivity index (χ3v) is 7.26. The molecule has 5 rings (SSSR count). The second kappa shape index (κ2) is 11.8. The van der Waals surface area contributed by atoms with E-state index in [2.05, 4.69) is 17.1 Å². The van der Waals surface area contributed by atoms with Crippen molar-refractivity contribution >= 4 is 34.2 Å². The first kappa shape index (κ1) is 25.9. The Morgan fingerprint density at radius 2 is 1.89 bits per heavy atom. The summed E-state index contributed by atoms with van der Waals surface area (Å²) in [6.07, 6.45) is 4.33. The highest BCUT2D eigenvalue weighted by molar-refractivity contribution is 6.30. The Kier molecular flexibility index (Phi) is 8.03. The molecule has 3 aromatic carbocycles. The number of fused-ring (bicyclic) bond motifs is 1. The molecule has 38 heavy (non-hydrogen) atoms. The van der Waals surface area contributed by atoms with Crippen molar-refractivity contribution in [2.24, 2.45) is 0 Å². The van der Waals surface area contributed by atoms with Gasteiger partial charge in [0, 0.05) is 29.2 Å². The maximum absolute atomic E-state index is 13.6. The summed E-state index contributed by atoms with van der Waals surface area (Å²) >= 11 is 6.13. The van der Waals surface area contributed by atoms with Gasteiger partial charge >= 0.3 is 0 Å². The molecule has 4 aromatic rings. The molecule has 1 atom stereocenters. The van der Waals surface area contributed by atoms with E-state index in [9.17, 15) is 9.59 Å². The van der Waals surface area contributed by atoms with Crippen molar-refractivity contribution in [3.63, 3.8) is 0 Å². The molecule has 0 radical (unpaired) electrons. The second-order valence-electron chi connectivity index (χ2n) is 9.71. The molecule has 1 fully saturated rings. The van der Waals surface area contributed by atoms with Crippen LogP contribution in [-0.2, 0) is 4.79 Å². The maximum Gasteiger partial charge on any atom is 0.254 e. The normalized spacial score (nSPS) is 15.5. The van der Waals surface area contributed by atoms with Gasteiger partial charge in [-0.2, -0.15) is 4.98 Å². The van der Waals surface area contributed by atoms with Crippen molar-refractivity contribution in [1.82, 2.24) is 19.9 Å². The molecule has 2 amide bonds. The fraction of sp³-hybridized carbons (Fsp3) is 0.333. The minimum absolute atomic E-state index is 0.0114. The number of unbranched alkanes of at least 4 members (excludes halogenated alkanes) is 1. The van der Waals surface area contributed by atoms with Crippen molar-refractivity contribution in [3.05, 3.63) is 83.2 Å². The lowest BCUT2D eigenvalue weighted by Crippen LogP contribution is -2.46. The summed E-state index contributed by atoms with van der Waals surface area (Å²) in [7, 11) is 0. The van der Waals surface area contributed by atoms with Gasteiger partial charge in [0.1, 0.15) is 12.6 Å². The Morgan fingerprint density at radius 1 is 1.05 bits per heavy atom. The minimum Gasteiger partial charge on any atom is -0.337 e.